The van der Waals surface area contributed by atoms with Crippen LogP contribution in [0.5, 0.6) is 0 Å². The Morgan fingerprint density at radius 2 is 1.76 bits per heavy atom. The number of rotatable bonds is 4. The third-order valence-electron chi connectivity index (χ3n) is 5.45. The van der Waals surface area contributed by atoms with E-state index in [0.717, 1.165) is 28.9 Å². The molecular formula is C23H24N4O2. The van der Waals surface area contributed by atoms with Crippen LogP contribution in [0, 0.1) is 13.8 Å². The number of hydrogen-bond acceptors (Lipinski definition) is 4. The first kappa shape index (κ1) is 19.1. The highest BCUT2D eigenvalue weighted by Crippen LogP contribution is 2.22. The van der Waals surface area contributed by atoms with Crippen LogP contribution in [0.3, 0.4) is 0 Å². The van der Waals surface area contributed by atoms with Gasteiger partial charge in [0.15, 0.2) is 0 Å². The van der Waals surface area contributed by atoms with Crippen molar-refractivity contribution in [1.82, 2.24) is 20.2 Å². The lowest BCUT2D eigenvalue weighted by Crippen LogP contribution is -2.45. The summed E-state index contributed by atoms with van der Waals surface area (Å²) in [5, 5.41) is 2.97. The first-order valence-corrected chi connectivity index (χ1v) is 9.90. The van der Waals surface area contributed by atoms with E-state index in [1.807, 2.05) is 50.2 Å². The second kappa shape index (κ2) is 7.99. The number of benzene rings is 2. The Morgan fingerprint density at radius 1 is 1.03 bits per heavy atom. The predicted molar refractivity (Wildman–Crippen MR) is 111 cm³/mol. The van der Waals surface area contributed by atoms with Crippen molar-refractivity contribution in [1.29, 1.82) is 0 Å². The molecular weight excluding hydrogens is 364 g/mol. The monoisotopic (exact) mass is 388 g/mol. The van der Waals surface area contributed by atoms with Gasteiger partial charge in [0.25, 0.3) is 5.91 Å². The molecule has 6 heteroatoms. The normalized spacial score (nSPS) is 16.2. The molecule has 0 aliphatic carbocycles. The van der Waals surface area contributed by atoms with E-state index in [1.165, 1.54) is 0 Å². The second-order valence-electron chi connectivity index (χ2n) is 7.46. The van der Waals surface area contributed by atoms with Crippen molar-refractivity contribution in [3.05, 3.63) is 71.0 Å². The molecule has 2 amide bonds. The lowest BCUT2D eigenvalue weighted by molar-refractivity contribution is -0.125. The van der Waals surface area contributed by atoms with Crippen LogP contribution in [0.2, 0.25) is 0 Å². The number of carbonyl (C=O) groups excluding carboxylic acids is 2. The molecule has 1 aliphatic heterocycles. The van der Waals surface area contributed by atoms with Gasteiger partial charge in [-0.1, -0.05) is 30.3 Å². The molecule has 1 atom stereocenters. The van der Waals surface area contributed by atoms with Gasteiger partial charge in [-0.3, -0.25) is 9.59 Å². The lowest BCUT2D eigenvalue weighted by atomic mass is 10.1. The van der Waals surface area contributed by atoms with E-state index in [9.17, 15) is 9.59 Å². The van der Waals surface area contributed by atoms with Crippen LogP contribution in [0.25, 0.3) is 11.0 Å². The van der Waals surface area contributed by atoms with E-state index in [1.54, 1.807) is 17.0 Å². The summed E-state index contributed by atoms with van der Waals surface area (Å²) < 4.78 is 0. The van der Waals surface area contributed by atoms with E-state index in [4.69, 9.17) is 0 Å². The minimum absolute atomic E-state index is 0.105. The van der Waals surface area contributed by atoms with Gasteiger partial charge in [0.1, 0.15) is 6.04 Å². The van der Waals surface area contributed by atoms with Gasteiger partial charge in [-0.2, -0.15) is 0 Å². The second-order valence-corrected chi connectivity index (χ2v) is 7.46. The number of hydrogen-bond donors (Lipinski definition) is 1. The zero-order valence-electron chi connectivity index (χ0n) is 16.7. The van der Waals surface area contributed by atoms with Crippen LogP contribution < -0.4 is 5.32 Å². The third-order valence-corrected chi connectivity index (χ3v) is 5.45. The molecule has 6 nitrogen and oxygen atoms in total. The van der Waals surface area contributed by atoms with Gasteiger partial charge < -0.3 is 10.2 Å². The third kappa shape index (κ3) is 3.97. The molecule has 1 N–H and O–H groups in total. The highest BCUT2D eigenvalue weighted by molar-refractivity contribution is 6.00. The molecule has 3 aromatic rings. The number of likely N-dealkylation sites (tertiary alicyclic amines) is 1. The summed E-state index contributed by atoms with van der Waals surface area (Å²) in [5.74, 6) is -0.240. The van der Waals surface area contributed by atoms with Crippen molar-refractivity contribution in [2.45, 2.75) is 39.3 Å². The summed E-state index contributed by atoms with van der Waals surface area (Å²) in [7, 11) is 0. The number of nitrogens with one attached hydrogen (secondary N) is 1. The maximum Gasteiger partial charge on any atom is 0.254 e. The first-order valence-electron chi connectivity index (χ1n) is 9.90. The van der Waals surface area contributed by atoms with Gasteiger partial charge >= 0.3 is 0 Å². The molecule has 1 aliphatic rings. The number of aryl methyl sites for hydroxylation is 2. The summed E-state index contributed by atoms with van der Waals surface area (Å²) in [6, 6.07) is 14.7. The molecule has 0 radical (unpaired) electrons. The van der Waals surface area contributed by atoms with E-state index in [0.29, 0.717) is 30.6 Å². The van der Waals surface area contributed by atoms with Crippen LogP contribution in [0.1, 0.15) is 40.2 Å². The van der Waals surface area contributed by atoms with Crippen molar-refractivity contribution in [3.8, 4) is 0 Å². The van der Waals surface area contributed by atoms with Crippen LogP contribution in [-0.2, 0) is 11.3 Å². The summed E-state index contributed by atoms with van der Waals surface area (Å²) in [6.45, 7) is 4.87. The van der Waals surface area contributed by atoms with E-state index in [2.05, 4.69) is 15.3 Å². The van der Waals surface area contributed by atoms with Crippen molar-refractivity contribution in [2.24, 2.45) is 0 Å². The molecule has 29 heavy (non-hydrogen) atoms. The van der Waals surface area contributed by atoms with Gasteiger partial charge in [-0.15, -0.1) is 0 Å². The van der Waals surface area contributed by atoms with Crippen LogP contribution in [0.4, 0.5) is 0 Å². The standard InChI is InChI=1S/C23H24N4O2/c1-15-16(2)26-20-13-18(10-11-19(20)25-15)23(29)27-12-6-9-21(27)22(28)24-14-17-7-4-3-5-8-17/h3-5,7-8,10-11,13,21H,6,9,12,14H2,1-2H3,(H,24,28)/t21-/m0/s1. The average Bonchev–Trinajstić information content (AvgIpc) is 3.23. The number of aromatic nitrogens is 2. The van der Waals surface area contributed by atoms with Crippen molar-refractivity contribution >= 4 is 22.8 Å². The molecule has 4 rings (SSSR count). The zero-order chi connectivity index (χ0) is 20.4. The van der Waals surface area contributed by atoms with Crippen LogP contribution in [-0.4, -0.2) is 39.3 Å². The van der Waals surface area contributed by atoms with Gasteiger partial charge in [0.2, 0.25) is 5.91 Å². The Morgan fingerprint density at radius 3 is 2.52 bits per heavy atom. The van der Waals surface area contributed by atoms with E-state index < -0.39 is 6.04 Å². The Bertz CT molecular complexity index is 1070. The number of fused-ring (bicyclic) bond motifs is 1. The summed E-state index contributed by atoms with van der Waals surface area (Å²) in [5.41, 5.74) is 4.77. The van der Waals surface area contributed by atoms with Gasteiger partial charge in [-0.05, 0) is 50.5 Å². The van der Waals surface area contributed by atoms with Gasteiger partial charge in [-0.25, -0.2) is 9.97 Å². The first-order chi connectivity index (χ1) is 14.0. The molecule has 1 aromatic heterocycles. The average molecular weight is 388 g/mol. The Hall–Kier alpha value is -3.28. The lowest BCUT2D eigenvalue weighted by Gasteiger charge is -2.24. The molecule has 0 bridgehead atoms. The van der Waals surface area contributed by atoms with Crippen molar-refractivity contribution in [2.75, 3.05) is 6.54 Å². The topological polar surface area (TPSA) is 75.2 Å². The number of amides is 2. The molecule has 1 saturated heterocycles. The predicted octanol–water partition coefficient (Wildman–Crippen LogP) is 3.17. The Labute approximate surface area is 170 Å². The summed E-state index contributed by atoms with van der Waals surface area (Å²) in [4.78, 5) is 36.6. The molecule has 148 valence electrons. The molecule has 0 unspecified atom stereocenters. The maximum atomic E-state index is 13.1. The van der Waals surface area contributed by atoms with Crippen LogP contribution >= 0.6 is 0 Å². The Balaban J connectivity index is 1.50. The highest BCUT2D eigenvalue weighted by atomic mass is 16.2. The van der Waals surface area contributed by atoms with E-state index in [-0.39, 0.29) is 11.8 Å². The van der Waals surface area contributed by atoms with Crippen LogP contribution in [0.15, 0.2) is 48.5 Å². The fraction of sp³-hybridized carbons (Fsp3) is 0.304. The molecule has 0 spiro atoms. The summed E-state index contributed by atoms with van der Waals surface area (Å²) in [6.07, 6.45) is 1.50. The zero-order valence-corrected chi connectivity index (χ0v) is 16.7. The molecule has 1 fully saturated rings. The summed E-state index contributed by atoms with van der Waals surface area (Å²) >= 11 is 0. The quantitative estimate of drug-likeness (QED) is 0.745. The number of nitrogens with zero attached hydrogens (tertiary/aromatic N) is 3. The smallest absolute Gasteiger partial charge is 0.254 e. The molecule has 2 heterocycles. The SMILES string of the molecule is Cc1nc2ccc(C(=O)N3CCC[C@H]3C(=O)NCc3ccccc3)cc2nc1C. The highest BCUT2D eigenvalue weighted by Gasteiger charge is 2.34. The number of carbonyl (C=O) groups is 2. The minimum Gasteiger partial charge on any atom is -0.350 e. The van der Waals surface area contributed by atoms with E-state index >= 15 is 0 Å². The fourth-order valence-electron chi connectivity index (χ4n) is 3.71. The Kier molecular flexibility index (Phi) is 5.25. The molecule has 2 aromatic carbocycles. The minimum atomic E-state index is -0.437. The van der Waals surface area contributed by atoms with Gasteiger partial charge in [0, 0.05) is 18.7 Å². The largest absolute Gasteiger partial charge is 0.350 e. The molecule has 0 saturated carbocycles. The fourth-order valence-corrected chi connectivity index (χ4v) is 3.71. The van der Waals surface area contributed by atoms with Gasteiger partial charge in [0.05, 0.1) is 22.4 Å². The van der Waals surface area contributed by atoms with Crippen molar-refractivity contribution < 1.29 is 9.59 Å². The van der Waals surface area contributed by atoms with Crippen molar-refractivity contribution in [3.63, 3.8) is 0 Å². The maximum absolute atomic E-state index is 13.1.